The largest absolute Gasteiger partial charge is 0.476 e. The van der Waals surface area contributed by atoms with Gasteiger partial charge in [0.25, 0.3) is 0 Å². The van der Waals surface area contributed by atoms with E-state index in [1.807, 2.05) is 0 Å². The average molecular weight is 340 g/mol. The van der Waals surface area contributed by atoms with Crippen LogP contribution in [0.3, 0.4) is 0 Å². The summed E-state index contributed by atoms with van der Waals surface area (Å²) in [7, 11) is -4.78. The van der Waals surface area contributed by atoms with Crippen LogP contribution in [-0.4, -0.2) is 71.0 Å². The number of nitrogen functional groups attached to an aromatic ring is 1. The number of carboxylic acids is 1. The summed E-state index contributed by atoms with van der Waals surface area (Å²) in [5, 5.41) is 35.2. The molecule has 2 rings (SSSR count). The van der Waals surface area contributed by atoms with Gasteiger partial charge in [0.15, 0.2) is 12.0 Å². The van der Waals surface area contributed by atoms with Crippen LogP contribution in [0, 0.1) is 0 Å². The number of ether oxygens (including phenoxy) is 1. The molecule has 7 N–H and O–H groups in total. The van der Waals surface area contributed by atoms with E-state index in [2.05, 4.69) is 14.8 Å². The van der Waals surface area contributed by atoms with Gasteiger partial charge in [-0.2, -0.15) is 4.68 Å². The number of anilines is 1. The van der Waals surface area contributed by atoms with Crippen molar-refractivity contribution in [2.45, 2.75) is 24.5 Å². The second kappa shape index (κ2) is 5.89. The Hall–Kier alpha value is -1.60. The number of aliphatic hydroxyl groups is 2. The van der Waals surface area contributed by atoms with Crippen molar-refractivity contribution in [1.82, 2.24) is 15.0 Å². The van der Waals surface area contributed by atoms with Crippen LogP contribution in [0.1, 0.15) is 16.7 Å². The molecule has 0 spiro atoms. The minimum Gasteiger partial charge on any atom is -0.476 e. The highest BCUT2D eigenvalue weighted by atomic mass is 31.2. The van der Waals surface area contributed by atoms with E-state index in [1.54, 1.807) is 0 Å². The van der Waals surface area contributed by atoms with Crippen LogP contribution < -0.4 is 5.73 Å². The average Bonchev–Trinajstić information content (AvgIpc) is 2.90. The Morgan fingerprint density at radius 3 is 2.55 bits per heavy atom. The smallest absolute Gasteiger partial charge is 0.469 e. The fourth-order valence-electron chi connectivity index (χ4n) is 1.88. The number of hydrogen-bond donors (Lipinski definition) is 6. The number of phosphoric ester groups is 1. The summed E-state index contributed by atoms with van der Waals surface area (Å²) in [5.41, 5.74) is 4.94. The molecule has 124 valence electrons. The number of carbonyl (C=O) groups is 1. The summed E-state index contributed by atoms with van der Waals surface area (Å²) >= 11 is 0. The van der Waals surface area contributed by atoms with Gasteiger partial charge in [0.2, 0.25) is 5.69 Å². The van der Waals surface area contributed by atoms with Crippen LogP contribution in [0.25, 0.3) is 0 Å². The Balaban J connectivity index is 2.16. The summed E-state index contributed by atoms with van der Waals surface area (Å²) in [5.74, 6) is -1.86. The molecule has 1 aliphatic rings. The summed E-state index contributed by atoms with van der Waals surface area (Å²) in [4.78, 5) is 28.0. The SMILES string of the molecule is Nc1c(C(=O)O)nnn1[C@@H]1O[C@H](COP(=O)(O)O)[C@@H](O)[C@H]1O. The van der Waals surface area contributed by atoms with Crippen LogP contribution >= 0.6 is 7.82 Å². The van der Waals surface area contributed by atoms with Gasteiger partial charge in [-0.3, -0.25) is 4.52 Å². The first kappa shape index (κ1) is 16.8. The first-order valence-corrected chi connectivity index (χ1v) is 7.30. The highest BCUT2D eigenvalue weighted by molar-refractivity contribution is 7.46. The van der Waals surface area contributed by atoms with Gasteiger partial charge in [-0.05, 0) is 0 Å². The summed E-state index contributed by atoms with van der Waals surface area (Å²) < 4.78 is 20.7. The predicted molar refractivity (Wildman–Crippen MR) is 65.3 cm³/mol. The zero-order valence-electron chi connectivity index (χ0n) is 10.8. The maximum absolute atomic E-state index is 10.8. The fraction of sp³-hybridized carbons (Fsp3) is 0.625. The molecule has 0 aliphatic carbocycles. The second-order valence-electron chi connectivity index (χ2n) is 4.41. The monoisotopic (exact) mass is 340 g/mol. The molecule has 0 saturated carbocycles. The zero-order chi connectivity index (χ0) is 16.7. The standard InChI is InChI=1S/C8H13N4O9P/c9-6-3(8(15)16)10-11-12(6)7-5(14)4(13)2(21-7)1-20-22(17,18)19/h2,4-5,7,13-14H,1,9H2,(H,15,16)(H2,17,18,19)/t2-,4-,5-,7-/m1/s1. The van der Waals surface area contributed by atoms with Crippen LogP contribution in [0.5, 0.6) is 0 Å². The van der Waals surface area contributed by atoms with E-state index in [0.717, 1.165) is 4.68 Å². The van der Waals surface area contributed by atoms with E-state index < -0.39 is 56.5 Å². The van der Waals surface area contributed by atoms with Crippen molar-refractivity contribution in [2.75, 3.05) is 12.3 Å². The van der Waals surface area contributed by atoms with E-state index in [-0.39, 0.29) is 0 Å². The van der Waals surface area contributed by atoms with Gasteiger partial charge < -0.3 is 35.6 Å². The van der Waals surface area contributed by atoms with Crippen molar-refractivity contribution in [1.29, 1.82) is 0 Å². The number of rotatable bonds is 5. The molecule has 0 aromatic carbocycles. The predicted octanol–water partition coefficient (Wildman–Crippen LogP) is -2.71. The first-order valence-electron chi connectivity index (χ1n) is 5.77. The summed E-state index contributed by atoms with van der Waals surface area (Å²) in [6.45, 7) is -0.709. The summed E-state index contributed by atoms with van der Waals surface area (Å²) in [6.07, 6.45) is -5.82. The number of hydrogen-bond acceptors (Lipinski definition) is 9. The van der Waals surface area contributed by atoms with Gasteiger partial charge in [0.05, 0.1) is 6.61 Å². The van der Waals surface area contributed by atoms with E-state index in [1.165, 1.54) is 0 Å². The molecule has 0 amide bonds. The van der Waals surface area contributed by atoms with E-state index in [0.29, 0.717) is 0 Å². The third-order valence-corrected chi connectivity index (χ3v) is 3.40. The molecule has 2 heterocycles. The third-order valence-electron chi connectivity index (χ3n) is 2.92. The van der Waals surface area contributed by atoms with Crippen LogP contribution in [-0.2, 0) is 13.8 Å². The number of nitrogens with two attached hydrogens (primary N) is 1. The van der Waals surface area contributed by atoms with Crippen molar-refractivity contribution in [3.05, 3.63) is 5.69 Å². The minimum absolute atomic E-state index is 0.416. The second-order valence-corrected chi connectivity index (χ2v) is 5.64. The molecule has 14 heteroatoms. The van der Waals surface area contributed by atoms with Crippen molar-refractivity contribution in [3.63, 3.8) is 0 Å². The van der Waals surface area contributed by atoms with Gasteiger partial charge in [0.1, 0.15) is 18.3 Å². The number of phosphoric acid groups is 1. The van der Waals surface area contributed by atoms with Gasteiger partial charge >= 0.3 is 13.8 Å². The van der Waals surface area contributed by atoms with Gasteiger partial charge in [-0.1, -0.05) is 5.21 Å². The van der Waals surface area contributed by atoms with Gasteiger partial charge in [0, 0.05) is 0 Å². The quantitative estimate of drug-likeness (QED) is 0.302. The molecule has 1 fully saturated rings. The van der Waals surface area contributed by atoms with Crippen molar-refractivity contribution in [2.24, 2.45) is 0 Å². The molecule has 4 atom stereocenters. The molecule has 13 nitrogen and oxygen atoms in total. The maximum Gasteiger partial charge on any atom is 0.469 e. The molecular weight excluding hydrogens is 327 g/mol. The maximum atomic E-state index is 10.8. The Morgan fingerprint density at radius 2 is 2.05 bits per heavy atom. The van der Waals surface area contributed by atoms with Crippen molar-refractivity contribution in [3.8, 4) is 0 Å². The highest BCUT2D eigenvalue weighted by Gasteiger charge is 2.46. The minimum atomic E-state index is -4.78. The van der Waals surface area contributed by atoms with E-state index in [4.69, 9.17) is 25.4 Å². The van der Waals surface area contributed by atoms with Crippen LogP contribution in [0.2, 0.25) is 0 Å². The van der Waals surface area contributed by atoms with Gasteiger partial charge in [-0.15, -0.1) is 5.10 Å². The number of nitrogens with zero attached hydrogens (tertiary/aromatic N) is 3. The molecule has 1 aromatic rings. The molecule has 0 radical (unpaired) electrons. The van der Waals surface area contributed by atoms with E-state index >= 15 is 0 Å². The van der Waals surface area contributed by atoms with E-state index in [9.17, 15) is 19.6 Å². The third kappa shape index (κ3) is 3.25. The van der Waals surface area contributed by atoms with Crippen LogP contribution in [0.15, 0.2) is 0 Å². The Labute approximate surface area is 122 Å². The molecule has 0 bridgehead atoms. The lowest BCUT2D eigenvalue weighted by Crippen LogP contribution is -2.34. The van der Waals surface area contributed by atoms with Crippen molar-refractivity contribution >= 4 is 19.6 Å². The Kier molecular flexibility index (Phi) is 4.49. The Morgan fingerprint density at radius 1 is 1.41 bits per heavy atom. The van der Waals surface area contributed by atoms with Crippen LogP contribution in [0.4, 0.5) is 5.82 Å². The lowest BCUT2D eigenvalue weighted by atomic mass is 10.1. The lowest BCUT2D eigenvalue weighted by Gasteiger charge is -2.15. The number of aliphatic hydroxyl groups excluding tert-OH is 2. The highest BCUT2D eigenvalue weighted by Crippen LogP contribution is 2.38. The normalized spacial score (nSPS) is 28.9. The number of aromatic carboxylic acids is 1. The molecule has 1 aliphatic heterocycles. The fourth-order valence-corrected chi connectivity index (χ4v) is 2.22. The topological polar surface area (TPSA) is 210 Å². The molecule has 0 unspecified atom stereocenters. The number of carboxylic acid groups (broad SMARTS) is 1. The zero-order valence-corrected chi connectivity index (χ0v) is 11.6. The first-order chi connectivity index (χ1) is 10.1. The molecule has 22 heavy (non-hydrogen) atoms. The van der Waals surface area contributed by atoms with Crippen molar-refractivity contribution < 1.29 is 43.7 Å². The lowest BCUT2D eigenvalue weighted by molar-refractivity contribution is -0.0575. The molecular formula is C8H13N4O9P. The molecule has 1 saturated heterocycles. The summed E-state index contributed by atoms with van der Waals surface area (Å²) in [6, 6.07) is 0. The molecule has 1 aromatic heterocycles. The Bertz CT molecular complexity index is 615. The van der Waals surface area contributed by atoms with Gasteiger partial charge in [-0.25, -0.2) is 9.36 Å². The number of aromatic nitrogens is 3.